The summed E-state index contributed by atoms with van der Waals surface area (Å²) < 4.78 is 13.6. The van der Waals surface area contributed by atoms with Gasteiger partial charge in [0.1, 0.15) is 23.3 Å². The summed E-state index contributed by atoms with van der Waals surface area (Å²) in [6, 6.07) is 8.61. The van der Waals surface area contributed by atoms with Crippen LogP contribution in [0.1, 0.15) is 36.6 Å². The highest BCUT2D eigenvalue weighted by Crippen LogP contribution is 2.26. The number of rotatable bonds is 4. The molecule has 0 fully saturated rings. The summed E-state index contributed by atoms with van der Waals surface area (Å²) in [5, 5.41) is 9.57. The van der Waals surface area contributed by atoms with E-state index < -0.39 is 0 Å². The molecule has 1 aromatic heterocycles. The first kappa shape index (κ1) is 15.3. The average Bonchev–Trinajstić information content (AvgIpc) is 2.45. The topological polar surface area (TPSA) is 75.6 Å². The van der Waals surface area contributed by atoms with E-state index in [1.807, 2.05) is 19.9 Å². The maximum absolute atomic E-state index is 13.6. The number of hydrogen-bond donors (Lipinski definition) is 1. The molecule has 0 aliphatic heterocycles. The zero-order chi connectivity index (χ0) is 15.4. The van der Waals surface area contributed by atoms with E-state index in [0.717, 1.165) is 0 Å². The Morgan fingerprint density at radius 3 is 2.67 bits per heavy atom. The Labute approximate surface area is 127 Å². The molecule has 0 spiro atoms. The molecule has 2 N–H and O–H groups in total. The van der Waals surface area contributed by atoms with Gasteiger partial charge in [0.25, 0.3) is 0 Å². The Bertz CT molecular complexity index is 695. The van der Waals surface area contributed by atoms with Gasteiger partial charge < -0.3 is 5.73 Å². The molecule has 2 rings (SSSR count). The van der Waals surface area contributed by atoms with Crippen molar-refractivity contribution >= 4 is 17.6 Å². The van der Waals surface area contributed by atoms with Gasteiger partial charge in [0.05, 0.1) is 5.69 Å². The number of hydrogen-bond acceptors (Lipinski definition) is 5. The molecule has 21 heavy (non-hydrogen) atoms. The van der Waals surface area contributed by atoms with Gasteiger partial charge in [-0.3, -0.25) is 0 Å². The van der Waals surface area contributed by atoms with Gasteiger partial charge in [0.15, 0.2) is 5.16 Å². The van der Waals surface area contributed by atoms with Crippen molar-refractivity contribution in [2.45, 2.75) is 30.7 Å². The van der Waals surface area contributed by atoms with Crippen LogP contribution >= 0.6 is 11.8 Å². The molecule has 108 valence electrons. The van der Waals surface area contributed by atoms with Gasteiger partial charge in [-0.15, -0.1) is 0 Å². The lowest BCUT2D eigenvalue weighted by molar-refractivity contribution is 0.617. The first-order chi connectivity index (χ1) is 10.0. The molecule has 0 aliphatic rings. The van der Waals surface area contributed by atoms with Gasteiger partial charge in [-0.25, -0.2) is 14.4 Å². The molecule has 0 aliphatic carbocycles. The predicted octanol–water partition coefficient (Wildman–Crippen LogP) is 3.49. The molecule has 1 heterocycles. The summed E-state index contributed by atoms with van der Waals surface area (Å²) in [6.07, 6.45) is 0. The van der Waals surface area contributed by atoms with Gasteiger partial charge in [0.2, 0.25) is 0 Å². The van der Waals surface area contributed by atoms with Gasteiger partial charge in [-0.1, -0.05) is 43.8 Å². The normalized spacial score (nSPS) is 10.6. The number of anilines is 1. The Morgan fingerprint density at radius 2 is 2.05 bits per heavy atom. The number of aromatic nitrogens is 2. The minimum atomic E-state index is -0.254. The molecular weight excluding hydrogens is 287 g/mol. The minimum absolute atomic E-state index is 0.0674. The van der Waals surface area contributed by atoms with Gasteiger partial charge in [-0.2, -0.15) is 5.26 Å². The zero-order valence-corrected chi connectivity index (χ0v) is 12.6. The number of nitrogens with zero attached hydrogens (tertiary/aromatic N) is 3. The van der Waals surface area contributed by atoms with Crippen LogP contribution in [0.25, 0.3) is 0 Å². The quantitative estimate of drug-likeness (QED) is 0.691. The van der Waals surface area contributed by atoms with Crippen LogP contribution in [0.3, 0.4) is 0 Å². The predicted molar refractivity (Wildman–Crippen MR) is 81.2 cm³/mol. The van der Waals surface area contributed by atoms with E-state index in [4.69, 9.17) is 11.0 Å². The maximum Gasteiger partial charge on any atom is 0.190 e. The number of benzene rings is 1. The Balaban J connectivity index is 2.26. The van der Waals surface area contributed by atoms with E-state index >= 15 is 0 Å². The van der Waals surface area contributed by atoms with Crippen LogP contribution in [0.5, 0.6) is 0 Å². The lowest BCUT2D eigenvalue weighted by atomic mass is 10.1. The molecule has 6 heteroatoms. The fourth-order valence-corrected chi connectivity index (χ4v) is 2.67. The number of thioether (sulfide) groups is 1. The molecule has 4 nitrogen and oxygen atoms in total. The van der Waals surface area contributed by atoms with Crippen molar-refractivity contribution in [2.24, 2.45) is 0 Å². The highest BCUT2D eigenvalue weighted by atomic mass is 32.2. The second-order valence-corrected chi connectivity index (χ2v) is 5.74. The third kappa shape index (κ3) is 3.50. The van der Waals surface area contributed by atoms with E-state index in [-0.39, 0.29) is 17.6 Å². The van der Waals surface area contributed by atoms with Crippen molar-refractivity contribution in [1.82, 2.24) is 9.97 Å². The Hall–Kier alpha value is -2.13. The van der Waals surface area contributed by atoms with Gasteiger partial charge >= 0.3 is 0 Å². The lowest BCUT2D eigenvalue weighted by Gasteiger charge is -2.10. The number of nitriles is 1. The van der Waals surface area contributed by atoms with Crippen molar-refractivity contribution in [3.8, 4) is 6.07 Å². The number of nitrogen functional groups attached to an aromatic ring is 1. The van der Waals surface area contributed by atoms with Crippen molar-refractivity contribution < 1.29 is 4.39 Å². The second-order valence-electron chi connectivity index (χ2n) is 4.80. The Morgan fingerprint density at radius 1 is 1.33 bits per heavy atom. The van der Waals surface area contributed by atoms with Crippen molar-refractivity contribution in [3.05, 3.63) is 46.9 Å². The van der Waals surface area contributed by atoms with E-state index in [0.29, 0.717) is 27.7 Å². The van der Waals surface area contributed by atoms with Crippen molar-refractivity contribution in [3.63, 3.8) is 0 Å². The summed E-state index contributed by atoms with van der Waals surface area (Å²) in [6.45, 7) is 3.88. The molecule has 0 amide bonds. The minimum Gasteiger partial charge on any atom is -0.382 e. The monoisotopic (exact) mass is 302 g/mol. The van der Waals surface area contributed by atoms with Crippen LogP contribution in [0.15, 0.2) is 29.4 Å². The molecule has 0 bridgehead atoms. The molecule has 0 radical (unpaired) electrons. The zero-order valence-electron chi connectivity index (χ0n) is 11.8. The van der Waals surface area contributed by atoms with E-state index in [1.165, 1.54) is 17.8 Å². The largest absolute Gasteiger partial charge is 0.382 e. The summed E-state index contributed by atoms with van der Waals surface area (Å²) in [4.78, 5) is 8.49. The summed E-state index contributed by atoms with van der Waals surface area (Å²) in [7, 11) is 0. The van der Waals surface area contributed by atoms with Crippen molar-refractivity contribution in [2.75, 3.05) is 5.73 Å². The fraction of sp³-hybridized carbons (Fsp3) is 0.267. The highest BCUT2D eigenvalue weighted by Gasteiger charge is 2.15. The van der Waals surface area contributed by atoms with E-state index in [9.17, 15) is 4.39 Å². The van der Waals surface area contributed by atoms with E-state index in [2.05, 4.69) is 9.97 Å². The third-order valence-corrected chi connectivity index (χ3v) is 3.81. The SMILES string of the molecule is CC(C)c1nc(SCc2ccccc2F)nc(N)c1C#N. The fourth-order valence-electron chi connectivity index (χ4n) is 1.83. The number of nitrogens with two attached hydrogens (primary N) is 1. The first-order valence-electron chi connectivity index (χ1n) is 6.46. The summed E-state index contributed by atoms with van der Waals surface area (Å²) >= 11 is 1.30. The lowest BCUT2D eigenvalue weighted by Crippen LogP contribution is -2.06. The third-order valence-electron chi connectivity index (χ3n) is 2.92. The first-order valence-corrected chi connectivity index (χ1v) is 7.45. The summed E-state index contributed by atoms with van der Waals surface area (Å²) in [5.41, 5.74) is 7.34. The van der Waals surface area contributed by atoms with Crippen LogP contribution in [-0.4, -0.2) is 9.97 Å². The Kier molecular flexibility index (Phi) is 4.76. The van der Waals surface area contributed by atoms with Crippen LogP contribution in [0.4, 0.5) is 10.2 Å². The van der Waals surface area contributed by atoms with E-state index in [1.54, 1.807) is 18.2 Å². The molecule has 0 atom stereocenters. The molecule has 0 saturated heterocycles. The average molecular weight is 302 g/mol. The molecule has 0 unspecified atom stereocenters. The van der Waals surface area contributed by atoms with Crippen LogP contribution < -0.4 is 5.73 Å². The van der Waals surface area contributed by atoms with Gasteiger partial charge in [0, 0.05) is 5.75 Å². The molecule has 2 aromatic rings. The number of halogens is 1. The maximum atomic E-state index is 13.6. The smallest absolute Gasteiger partial charge is 0.190 e. The van der Waals surface area contributed by atoms with Crippen LogP contribution in [-0.2, 0) is 5.75 Å². The summed E-state index contributed by atoms with van der Waals surface area (Å²) in [5.74, 6) is 0.399. The van der Waals surface area contributed by atoms with Gasteiger partial charge in [-0.05, 0) is 17.5 Å². The van der Waals surface area contributed by atoms with Crippen LogP contribution in [0.2, 0.25) is 0 Å². The molecule has 0 saturated carbocycles. The molecular formula is C15H15FN4S. The van der Waals surface area contributed by atoms with Crippen molar-refractivity contribution in [1.29, 1.82) is 5.26 Å². The highest BCUT2D eigenvalue weighted by molar-refractivity contribution is 7.98. The molecule has 1 aromatic carbocycles. The van der Waals surface area contributed by atoms with Crippen LogP contribution in [0, 0.1) is 17.1 Å². The second kappa shape index (κ2) is 6.55. The standard InChI is InChI=1S/C15H15FN4S/c1-9(2)13-11(7-17)14(18)20-15(19-13)21-8-10-5-3-4-6-12(10)16/h3-6,9H,8H2,1-2H3,(H2,18,19,20).